The Balaban J connectivity index is 2.59. The second-order valence-corrected chi connectivity index (χ2v) is 3.75. The second-order valence-electron chi connectivity index (χ2n) is 3.75. The lowest BCUT2D eigenvalue weighted by atomic mass is 10.3. The lowest BCUT2D eigenvalue weighted by molar-refractivity contribution is -0.122. The van der Waals surface area contributed by atoms with E-state index in [2.05, 4.69) is 15.6 Å². The van der Waals surface area contributed by atoms with Crippen molar-refractivity contribution >= 4 is 23.3 Å². The first-order valence-electron chi connectivity index (χ1n) is 5.16. The van der Waals surface area contributed by atoms with Gasteiger partial charge in [-0.15, -0.1) is 0 Å². The van der Waals surface area contributed by atoms with Crippen molar-refractivity contribution in [1.82, 2.24) is 10.3 Å². The van der Waals surface area contributed by atoms with E-state index in [9.17, 15) is 9.59 Å². The average molecular weight is 236 g/mol. The van der Waals surface area contributed by atoms with Gasteiger partial charge in [0.05, 0.1) is 6.54 Å². The molecule has 0 atom stereocenters. The zero-order valence-corrected chi connectivity index (χ0v) is 10.2. The van der Waals surface area contributed by atoms with Gasteiger partial charge in [-0.2, -0.15) is 0 Å². The van der Waals surface area contributed by atoms with Crippen LogP contribution in [0.3, 0.4) is 0 Å². The minimum atomic E-state index is -0.302. The molecule has 1 aromatic heterocycles. The van der Waals surface area contributed by atoms with Crippen LogP contribution in [0.1, 0.15) is 6.92 Å². The Labute approximate surface area is 100 Å². The predicted octanol–water partition coefficient (Wildman–Crippen LogP) is 0.222. The molecule has 1 aromatic rings. The van der Waals surface area contributed by atoms with Crippen LogP contribution >= 0.6 is 0 Å². The number of amides is 2. The number of nitrogens with one attached hydrogen (secondary N) is 2. The van der Waals surface area contributed by atoms with Gasteiger partial charge in [-0.1, -0.05) is 0 Å². The zero-order valence-electron chi connectivity index (χ0n) is 10.2. The molecule has 0 saturated carbocycles. The van der Waals surface area contributed by atoms with Crippen molar-refractivity contribution in [3.8, 4) is 0 Å². The van der Waals surface area contributed by atoms with Gasteiger partial charge in [0.2, 0.25) is 11.8 Å². The van der Waals surface area contributed by atoms with Gasteiger partial charge in [-0.3, -0.25) is 9.59 Å². The fourth-order valence-electron chi connectivity index (χ4n) is 1.16. The Morgan fingerprint density at radius 3 is 2.71 bits per heavy atom. The van der Waals surface area contributed by atoms with Crippen LogP contribution in [0.4, 0.5) is 11.5 Å². The Bertz CT molecular complexity index is 418. The second kappa shape index (κ2) is 5.83. The van der Waals surface area contributed by atoms with Crippen LogP contribution in [0.25, 0.3) is 0 Å². The number of aromatic nitrogens is 1. The molecule has 0 aromatic carbocycles. The van der Waals surface area contributed by atoms with Crippen molar-refractivity contribution < 1.29 is 9.59 Å². The minimum absolute atomic E-state index is 0.0524. The van der Waals surface area contributed by atoms with E-state index in [4.69, 9.17) is 0 Å². The van der Waals surface area contributed by atoms with E-state index in [1.165, 1.54) is 6.92 Å². The Hall–Kier alpha value is -2.11. The molecule has 6 heteroatoms. The first-order chi connectivity index (χ1) is 7.99. The van der Waals surface area contributed by atoms with Crippen molar-refractivity contribution in [2.45, 2.75) is 6.92 Å². The summed E-state index contributed by atoms with van der Waals surface area (Å²) in [6.45, 7) is 1.31. The smallest absolute Gasteiger partial charge is 0.244 e. The molecule has 0 aliphatic rings. The first kappa shape index (κ1) is 13.0. The van der Waals surface area contributed by atoms with E-state index < -0.39 is 0 Å². The maximum Gasteiger partial charge on any atom is 0.244 e. The van der Waals surface area contributed by atoms with Crippen LogP contribution in [-0.2, 0) is 9.59 Å². The number of hydrogen-bond acceptors (Lipinski definition) is 4. The largest absolute Gasteiger partial charge is 0.378 e. The molecule has 0 aliphatic carbocycles. The molecule has 0 unspecified atom stereocenters. The topological polar surface area (TPSA) is 74.3 Å². The maximum absolute atomic E-state index is 11.4. The molecule has 6 nitrogen and oxygen atoms in total. The Kier molecular flexibility index (Phi) is 4.45. The summed E-state index contributed by atoms with van der Waals surface area (Å²) in [6, 6.07) is 3.59. The summed E-state index contributed by atoms with van der Waals surface area (Å²) in [6.07, 6.45) is 1.61. The van der Waals surface area contributed by atoms with Crippen molar-refractivity contribution in [2.75, 3.05) is 30.9 Å². The molecule has 0 saturated heterocycles. The highest BCUT2D eigenvalue weighted by Gasteiger charge is 2.05. The molecular weight excluding hydrogens is 220 g/mol. The summed E-state index contributed by atoms with van der Waals surface area (Å²) in [5.74, 6) is -0.0784. The van der Waals surface area contributed by atoms with Gasteiger partial charge in [0.1, 0.15) is 5.82 Å². The highest BCUT2D eigenvalue weighted by molar-refractivity contribution is 5.93. The number of nitrogens with zero attached hydrogens (tertiary/aromatic N) is 2. The van der Waals surface area contributed by atoms with Crippen LogP contribution < -0.4 is 15.5 Å². The normalized spacial score (nSPS) is 9.59. The number of hydrogen-bond donors (Lipinski definition) is 2. The molecule has 0 spiro atoms. The number of carbonyl (C=O) groups is 2. The fraction of sp³-hybridized carbons (Fsp3) is 0.364. The number of rotatable bonds is 4. The van der Waals surface area contributed by atoms with Gasteiger partial charge in [-0.05, 0) is 6.07 Å². The van der Waals surface area contributed by atoms with E-state index in [1.54, 1.807) is 12.3 Å². The third kappa shape index (κ3) is 4.50. The summed E-state index contributed by atoms with van der Waals surface area (Å²) in [5, 5.41) is 5.01. The third-order valence-electron chi connectivity index (χ3n) is 2.03. The van der Waals surface area contributed by atoms with Gasteiger partial charge in [-0.25, -0.2) is 4.98 Å². The fourth-order valence-corrected chi connectivity index (χ4v) is 1.16. The van der Waals surface area contributed by atoms with Crippen molar-refractivity contribution in [3.63, 3.8) is 0 Å². The first-order valence-corrected chi connectivity index (χ1v) is 5.16. The maximum atomic E-state index is 11.4. The lowest BCUT2D eigenvalue weighted by Gasteiger charge is -2.13. The molecular formula is C11H16N4O2. The zero-order chi connectivity index (χ0) is 12.8. The molecule has 17 heavy (non-hydrogen) atoms. The number of carbonyl (C=O) groups excluding carboxylic acids is 2. The minimum Gasteiger partial charge on any atom is -0.378 e. The van der Waals surface area contributed by atoms with Gasteiger partial charge < -0.3 is 15.5 Å². The molecule has 2 N–H and O–H groups in total. The standard InChI is InChI=1S/C11H16N4O2/c1-8(16)13-7-11(17)14-10-6-9(15(2)3)4-5-12-10/h4-6H,7H2,1-3H3,(H,13,16)(H,12,14,17). The number of anilines is 2. The van der Waals surface area contributed by atoms with Gasteiger partial charge in [0.25, 0.3) is 0 Å². The summed E-state index contributed by atoms with van der Waals surface area (Å²) in [7, 11) is 3.80. The van der Waals surface area contributed by atoms with Crippen LogP contribution in [0.2, 0.25) is 0 Å². The van der Waals surface area contributed by atoms with Crippen LogP contribution in [0.5, 0.6) is 0 Å². The van der Waals surface area contributed by atoms with E-state index in [0.29, 0.717) is 5.82 Å². The monoisotopic (exact) mass is 236 g/mol. The van der Waals surface area contributed by atoms with Crippen LogP contribution in [0.15, 0.2) is 18.3 Å². The summed E-state index contributed by atoms with van der Waals surface area (Å²) in [4.78, 5) is 28.0. The summed E-state index contributed by atoms with van der Waals surface area (Å²) in [5.41, 5.74) is 0.940. The van der Waals surface area contributed by atoms with Gasteiger partial charge >= 0.3 is 0 Å². The summed E-state index contributed by atoms with van der Waals surface area (Å²) >= 11 is 0. The van der Waals surface area contributed by atoms with E-state index >= 15 is 0 Å². The van der Waals surface area contributed by atoms with Crippen LogP contribution in [0, 0.1) is 0 Å². The van der Waals surface area contributed by atoms with E-state index in [-0.39, 0.29) is 18.4 Å². The molecule has 92 valence electrons. The molecule has 1 rings (SSSR count). The molecule has 0 radical (unpaired) electrons. The van der Waals surface area contributed by atoms with Gasteiger partial charge in [0.15, 0.2) is 0 Å². The Morgan fingerprint density at radius 1 is 1.41 bits per heavy atom. The average Bonchev–Trinajstić information content (AvgIpc) is 2.26. The van der Waals surface area contributed by atoms with Crippen LogP contribution in [-0.4, -0.2) is 37.4 Å². The molecule has 2 amide bonds. The molecule has 0 bridgehead atoms. The van der Waals surface area contributed by atoms with Crippen molar-refractivity contribution in [3.05, 3.63) is 18.3 Å². The van der Waals surface area contributed by atoms with E-state index in [0.717, 1.165) is 5.69 Å². The lowest BCUT2D eigenvalue weighted by Crippen LogP contribution is -2.31. The van der Waals surface area contributed by atoms with E-state index in [1.807, 2.05) is 25.1 Å². The highest BCUT2D eigenvalue weighted by Crippen LogP contribution is 2.13. The van der Waals surface area contributed by atoms with Gasteiger partial charge in [0, 0.05) is 39.0 Å². The molecule has 0 aliphatic heterocycles. The third-order valence-corrected chi connectivity index (χ3v) is 2.03. The SMILES string of the molecule is CC(=O)NCC(=O)Nc1cc(N(C)C)ccn1. The summed E-state index contributed by atoms with van der Waals surface area (Å²) < 4.78 is 0. The Morgan fingerprint density at radius 2 is 2.12 bits per heavy atom. The quantitative estimate of drug-likeness (QED) is 0.784. The molecule has 1 heterocycles. The molecule has 0 fully saturated rings. The van der Waals surface area contributed by atoms with Crippen molar-refractivity contribution in [1.29, 1.82) is 0 Å². The predicted molar refractivity (Wildman–Crippen MR) is 65.9 cm³/mol. The van der Waals surface area contributed by atoms with Crippen molar-refractivity contribution in [2.24, 2.45) is 0 Å². The highest BCUT2D eigenvalue weighted by atomic mass is 16.2. The number of pyridine rings is 1.